The van der Waals surface area contributed by atoms with Crippen molar-refractivity contribution >= 4 is 10.9 Å². The highest BCUT2D eigenvalue weighted by Crippen LogP contribution is 2.28. The van der Waals surface area contributed by atoms with Gasteiger partial charge in [-0.3, -0.25) is 0 Å². The monoisotopic (exact) mass is 201 g/mol. The lowest BCUT2D eigenvalue weighted by molar-refractivity contribution is 0.412. The van der Waals surface area contributed by atoms with E-state index in [9.17, 15) is 0 Å². The number of aromatic amines is 1. The van der Waals surface area contributed by atoms with Crippen molar-refractivity contribution in [1.82, 2.24) is 4.98 Å². The zero-order chi connectivity index (χ0) is 11.1. The highest BCUT2D eigenvalue weighted by molar-refractivity contribution is 5.86. The number of aryl methyl sites for hydroxylation is 1. The van der Waals surface area contributed by atoms with Crippen molar-refractivity contribution in [3.63, 3.8) is 0 Å². The number of nitrogens with one attached hydrogen (secondary N) is 1. The summed E-state index contributed by atoms with van der Waals surface area (Å²) in [7, 11) is 0. The molecule has 80 valence electrons. The van der Waals surface area contributed by atoms with Crippen LogP contribution in [0.25, 0.3) is 10.9 Å². The number of H-pyrrole nitrogens is 1. The second-order valence-electron chi connectivity index (χ2n) is 5.55. The molecular formula is C14H19N. The lowest BCUT2D eigenvalue weighted by atomic mass is 9.87. The minimum absolute atomic E-state index is 0.345. The third-order valence-corrected chi connectivity index (χ3v) is 2.72. The Morgan fingerprint density at radius 1 is 1.20 bits per heavy atom. The Balaban J connectivity index is 2.53. The number of rotatable bonds is 1. The predicted molar refractivity (Wildman–Crippen MR) is 66.2 cm³/mol. The first-order valence-corrected chi connectivity index (χ1v) is 5.53. The van der Waals surface area contributed by atoms with Gasteiger partial charge in [0, 0.05) is 17.1 Å². The molecule has 0 unspecified atom stereocenters. The average Bonchev–Trinajstić information content (AvgIpc) is 2.47. The summed E-state index contributed by atoms with van der Waals surface area (Å²) < 4.78 is 0. The Morgan fingerprint density at radius 2 is 1.93 bits per heavy atom. The highest BCUT2D eigenvalue weighted by Gasteiger charge is 2.14. The fraction of sp³-hybridized carbons (Fsp3) is 0.429. The standard InChI is InChI=1S/C14H19N/c1-10-6-5-7-12-13(10)11(9-15-12)8-14(2,3)4/h5-7,9,15H,8H2,1-4H3. The molecule has 1 aromatic heterocycles. The molecule has 1 heteroatoms. The van der Waals surface area contributed by atoms with E-state index in [4.69, 9.17) is 0 Å². The maximum atomic E-state index is 3.35. The number of fused-ring (bicyclic) bond motifs is 1. The lowest BCUT2D eigenvalue weighted by Crippen LogP contribution is -2.08. The van der Waals surface area contributed by atoms with Crippen LogP contribution in [0.2, 0.25) is 0 Å². The molecule has 0 atom stereocenters. The number of aromatic nitrogens is 1. The molecule has 0 radical (unpaired) electrons. The first kappa shape index (κ1) is 10.3. The summed E-state index contributed by atoms with van der Waals surface area (Å²) >= 11 is 0. The van der Waals surface area contributed by atoms with Gasteiger partial charge in [-0.1, -0.05) is 32.9 Å². The summed E-state index contributed by atoms with van der Waals surface area (Å²) in [5, 5.41) is 1.41. The third-order valence-electron chi connectivity index (χ3n) is 2.72. The van der Waals surface area contributed by atoms with Crippen LogP contribution in [-0.2, 0) is 6.42 Å². The Bertz CT molecular complexity index is 472. The Kier molecular flexibility index (Phi) is 2.34. The van der Waals surface area contributed by atoms with Gasteiger partial charge in [0.05, 0.1) is 0 Å². The van der Waals surface area contributed by atoms with Gasteiger partial charge in [0.25, 0.3) is 0 Å². The Labute approximate surface area is 91.5 Å². The largest absolute Gasteiger partial charge is 0.361 e. The molecule has 1 aromatic carbocycles. The summed E-state index contributed by atoms with van der Waals surface area (Å²) in [6.45, 7) is 9.03. The van der Waals surface area contributed by atoms with Crippen molar-refractivity contribution in [3.8, 4) is 0 Å². The topological polar surface area (TPSA) is 15.8 Å². The molecule has 0 bridgehead atoms. The summed E-state index contributed by atoms with van der Waals surface area (Å²) in [5.41, 5.74) is 4.41. The van der Waals surface area contributed by atoms with Gasteiger partial charge in [0.15, 0.2) is 0 Å². The van der Waals surface area contributed by atoms with Crippen LogP contribution in [0.4, 0.5) is 0 Å². The van der Waals surface area contributed by atoms with Crippen LogP contribution in [0, 0.1) is 12.3 Å². The van der Waals surface area contributed by atoms with Crippen molar-refractivity contribution in [2.24, 2.45) is 5.41 Å². The SMILES string of the molecule is Cc1cccc2[nH]cc(CC(C)(C)C)c12. The number of benzene rings is 1. The molecule has 1 heterocycles. The van der Waals surface area contributed by atoms with Gasteiger partial charge in [-0.15, -0.1) is 0 Å². The van der Waals surface area contributed by atoms with Gasteiger partial charge in [-0.05, 0) is 36.0 Å². The molecule has 0 saturated carbocycles. The summed E-state index contributed by atoms with van der Waals surface area (Å²) in [6.07, 6.45) is 3.28. The number of hydrogen-bond acceptors (Lipinski definition) is 0. The zero-order valence-corrected chi connectivity index (χ0v) is 10.0. The fourth-order valence-corrected chi connectivity index (χ4v) is 2.16. The molecular weight excluding hydrogens is 182 g/mol. The highest BCUT2D eigenvalue weighted by atomic mass is 14.7. The number of hydrogen-bond donors (Lipinski definition) is 1. The van der Waals surface area contributed by atoms with Gasteiger partial charge in [0.2, 0.25) is 0 Å². The maximum absolute atomic E-state index is 3.35. The summed E-state index contributed by atoms with van der Waals surface area (Å²) in [4.78, 5) is 3.35. The fourth-order valence-electron chi connectivity index (χ4n) is 2.16. The van der Waals surface area contributed by atoms with Crippen molar-refractivity contribution < 1.29 is 0 Å². The third kappa shape index (κ3) is 2.06. The first-order valence-electron chi connectivity index (χ1n) is 5.53. The van der Waals surface area contributed by atoms with E-state index in [0.29, 0.717) is 5.41 Å². The molecule has 0 aliphatic heterocycles. The summed E-state index contributed by atoms with van der Waals surface area (Å²) in [6, 6.07) is 6.44. The van der Waals surface area contributed by atoms with Crippen LogP contribution in [-0.4, -0.2) is 4.98 Å². The van der Waals surface area contributed by atoms with Gasteiger partial charge in [-0.25, -0.2) is 0 Å². The van der Waals surface area contributed by atoms with Crippen LogP contribution in [0.1, 0.15) is 31.9 Å². The van der Waals surface area contributed by atoms with Gasteiger partial charge < -0.3 is 4.98 Å². The normalized spacial score (nSPS) is 12.3. The molecule has 0 fully saturated rings. The lowest BCUT2D eigenvalue weighted by Gasteiger charge is -2.17. The minimum atomic E-state index is 0.345. The van der Waals surface area contributed by atoms with E-state index >= 15 is 0 Å². The maximum Gasteiger partial charge on any atom is 0.0459 e. The smallest absolute Gasteiger partial charge is 0.0459 e. The zero-order valence-electron chi connectivity index (χ0n) is 10.0. The van der Waals surface area contributed by atoms with Crippen molar-refractivity contribution in [2.45, 2.75) is 34.1 Å². The molecule has 15 heavy (non-hydrogen) atoms. The first-order chi connectivity index (χ1) is 6.97. The molecule has 0 amide bonds. The van der Waals surface area contributed by atoms with Crippen LogP contribution in [0.15, 0.2) is 24.4 Å². The quantitative estimate of drug-likeness (QED) is 0.716. The van der Waals surface area contributed by atoms with Gasteiger partial charge in [0.1, 0.15) is 0 Å². The van der Waals surface area contributed by atoms with Crippen LogP contribution in [0.3, 0.4) is 0 Å². The van der Waals surface area contributed by atoms with Gasteiger partial charge >= 0.3 is 0 Å². The van der Waals surface area contributed by atoms with E-state index in [0.717, 1.165) is 6.42 Å². The van der Waals surface area contributed by atoms with E-state index in [1.54, 1.807) is 0 Å². The van der Waals surface area contributed by atoms with E-state index in [2.05, 4.69) is 57.1 Å². The minimum Gasteiger partial charge on any atom is -0.361 e. The molecule has 0 saturated heterocycles. The van der Waals surface area contributed by atoms with Crippen molar-refractivity contribution in [2.75, 3.05) is 0 Å². The Morgan fingerprint density at radius 3 is 2.60 bits per heavy atom. The van der Waals surface area contributed by atoms with Crippen LogP contribution in [0.5, 0.6) is 0 Å². The van der Waals surface area contributed by atoms with Crippen molar-refractivity contribution in [3.05, 3.63) is 35.5 Å². The molecule has 0 spiro atoms. The predicted octanol–water partition coefficient (Wildman–Crippen LogP) is 4.06. The van der Waals surface area contributed by atoms with E-state index < -0.39 is 0 Å². The Hall–Kier alpha value is -1.24. The average molecular weight is 201 g/mol. The van der Waals surface area contributed by atoms with E-state index in [-0.39, 0.29) is 0 Å². The molecule has 1 nitrogen and oxygen atoms in total. The molecule has 0 aliphatic rings. The molecule has 2 rings (SSSR count). The van der Waals surface area contributed by atoms with E-state index in [1.165, 1.54) is 22.0 Å². The molecule has 2 aromatic rings. The van der Waals surface area contributed by atoms with Gasteiger partial charge in [-0.2, -0.15) is 0 Å². The van der Waals surface area contributed by atoms with E-state index in [1.807, 2.05) is 0 Å². The van der Waals surface area contributed by atoms with Crippen LogP contribution >= 0.6 is 0 Å². The summed E-state index contributed by atoms with van der Waals surface area (Å²) in [5.74, 6) is 0. The van der Waals surface area contributed by atoms with Crippen molar-refractivity contribution in [1.29, 1.82) is 0 Å². The molecule has 1 N–H and O–H groups in total. The van der Waals surface area contributed by atoms with Crippen LogP contribution < -0.4 is 0 Å². The molecule has 0 aliphatic carbocycles. The second-order valence-corrected chi connectivity index (χ2v) is 5.55. The second kappa shape index (κ2) is 3.41.